The molecular formula is C22H24Cl2N4OS. The quantitative estimate of drug-likeness (QED) is 0.592. The Labute approximate surface area is 190 Å². The average Bonchev–Trinajstić information content (AvgIpc) is 3.16. The topological polar surface area (TPSA) is 48.5 Å². The summed E-state index contributed by atoms with van der Waals surface area (Å²) in [6, 6.07) is 9.25. The van der Waals surface area contributed by atoms with Gasteiger partial charge in [0.15, 0.2) is 5.13 Å². The Bertz CT molecular complexity index is 1080. The second-order valence-corrected chi connectivity index (χ2v) is 9.41. The Balaban J connectivity index is 1.28. The van der Waals surface area contributed by atoms with E-state index >= 15 is 0 Å². The van der Waals surface area contributed by atoms with Crippen LogP contribution in [0.15, 0.2) is 30.3 Å². The zero-order chi connectivity index (χ0) is 21.3. The van der Waals surface area contributed by atoms with Gasteiger partial charge in [-0.1, -0.05) is 40.6 Å². The highest BCUT2D eigenvalue weighted by atomic mass is 35.5. The van der Waals surface area contributed by atoms with Crippen molar-refractivity contribution in [2.75, 3.05) is 44.2 Å². The molecule has 0 spiro atoms. The van der Waals surface area contributed by atoms with Crippen molar-refractivity contribution in [1.82, 2.24) is 15.2 Å². The number of benzene rings is 2. The molecule has 1 aliphatic rings. The lowest BCUT2D eigenvalue weighted by Crippen LogP contribution is -2.48. The third-order valence-corrected chi connectivity index (χ3v) is 7.23. The molecular weight excluding hydrogens is 439 g/mol. The first kappa shape index (κ1) is 21.4. The molecule has 0 saturated carbocycles. The SMILES string of the molecule is Cc1ccc2sc(N3CCN(CCNC(=O)c4ccc(Cl)cc4Cl)CC3)nc2c1C. The molecule has 5 nitrogen and oxygen atoms in total. The number of hydrogen-bond donors (Lipinski definition) is 1. The number of piperazine rings is 1. The fraction of sp³-hybridized carbons (Fsp3) is 0.364. The molecule has 3 aromatic rings. The molecule has 158 valence electrons. The number of carbonyl (C=O) groups excluding carboxylic acids is 1. The number of rotatable bonds is 5. The highest BCUT2D eigenvalue weighted by Crippen LogP contribution is 2.32. The normalized spacial score (nSPS) is 15.0. The minimum atomic E-state index is -0.171. The number of hydrogen-bond acceptors (Lipinski definition) is 5. The van der Waals surface area contributed by atoms with Crippen LogP contribution in [-0.4, -0.2) is 55.1 Å². The first-order valence-electron chi connectivity index (χ1n) is 9.99. The molecule has 4 rings (SSSR count). The summed E-state index contributed by atoms with van der Waals surface area (Å²) < 4.78 is 1.25. The molecule has 0 radical (unpaired) electrons. The van der Waals surface area contributed by atoms with Gasteiger partial charge in [0.05, 0.1) is 20.8 Å². The summed E-state index contributed by atoms with van der Waals surface area (Å²) in [6.07, 6.45) is 0. The number of carbonyl (C=O) groups is 1. The number of halogens is 2. The van der Waals surface area contributed by atoms with E-state index in [4.69, 9.17) is 28.2 Å². The van der Waals surface area contributed by atoms with Gasteiger partial charge in [-0.05, 0) is 49.2 Å². The zero-order valence-electron chi connectivity index (χ0n) is 17.0. The second kappa shape index (κ2) is 9.10. The van der Waals surface area contributed by atoms with Crippen molar-refractivity contribution in [3.05, 3.63) is 57.1 Å². The molecule has 1 aliphatic heterocycles. The average molecular weight is 463 g/mol. The maximum atomic E-state index is 12.3. The molecule has 0 bridgehead atoms. The van der Waals surface area contributed by atoms with E-state index in [2.05, 4.69) is 41.1 Å². The Morgan fingerprint density at radius 2 is 1.90 bits per heavy atom. The largest absolute Gasteiger partial charge is 0.351 e. The lowest BCUT2D eigenvalue weighted by molar-refractivity contribution is 0.0948. The number of aryl methyl sites for hydroxylation is 2. The van der Waals surface area contributed by atoms with Crippen molar-refractivity contribution in [2.45, 2.75) is 13.8 Å². The number of nitrogens with one attached hydrogen (secondary N) is 1. The molecule has 1 N–H and O–H groups in total. The van der Waals surface area contributed by atoms with Gasteiger partial charge in [0.1, 0.15) is 0 Å². The fourth-order valence-corrected chi connectivity index (χ4v) is 5.18. The van der Waals surface area contributed by atoms with Gasteiger partial charge in [-0.2, -0.15) is 0 Å². The third-order valence-electron chi connectivity index (χ3n) is 5.61. The van der Waals surface area contributed by atoms with Crippen LogP contribution in [0.4, 0.5) is 5.13 Å². The minimum Gasteiger partial charge on any atom is -0.351 e. The maximum Gasteiger partial charge on any atom is 0.252 e. The highest BCUT2D eigenvalue weighted by Gasteiger charge is 2.20. The van der Waals surface area contributed by atoms with Crippen LogP contribution in [0.2, 0.25) is 10.0 Å². The van der Waals surface area contributed by atoms with Crippen molar-refractivity contribution in [3.8, 4) is 0 Å². The fourth-order valence-electron chi connectivity index (χ4n) is 3.61. The van der Waals surface area contributed by atoms with Crippen molar-refractivity contribution >= 4 is 55.8 Å². The lowest BCUT2D eigenvalue weighted by atomic mass is 10.1. The first-order chi connectivity index (χ1) is 14.4. The van der Waals surface area contributed by atoms with Crippen LogP contribution in [0.25, 0.3) is 10.2 Å². The van der Waals surface area contributed by atoms with E-state index in [1.165, 1.54) is 15.8 Å². The number of amides is 1. The molecule has 1 aromatic heterocycles. The van der Waals surface area contributed by atoms with E-state index < -0.39 is 0 Å². The van der Waals surface area contributed by atoms with Crippen molar-refractivity contribution < 1.29 is 4.79 Å². The smallest absolute Gasteiger partial charge is 0.252 e. The summed E-state index contributed by atoms with van der Waals surface area (Å²) >= 11 is 13.8. The molecule has 0 atom stereocenters. The van der Waals surface area contributed by atoms with E-state index in [0.717, 1.165) is 43.4 Å². The first-order valence-corrected chi connectivity index (χ1v) is 11.6. The number of thiazole rings is 1. The zero-order valence-corrected chi connectivity index (χ0v) is 19.4. The molecule has 1 saturated heterocycles. The van der Waals surface area contributed by atoms with Crippen LogP contribution < -0.4 is 10.2 Å². The summed E-state index contributed by atoms with van der Waals surface area (Å²) in [5, 5.41) is 4.94. The maximum absolute atomic E-state index is 12.3. The molecule has 0 aliphatic carbocycles. The van der Waals surface area contributed by atoms with Gasteiger partial charge in [0.2, 0.25) is 0 Å². The Morgan fingerprint density at radius 1 is 1.13 bits per heavy atom. The summed E-state index contributed by atoms with van der Waals surface area (Å²) in [5.41, 5.74) is 4.13. The monoisotopic (exact) mass is 462 g/mol. The van der Waals surface area contributed by atoms with Crippen LogP contribution in [-0.2, 0) is 0 Å². The van der Waals surface area contributed by atoms with Gasteiger partial charge in [-0.15, -0.1) is 0 Å². The van der Waals surface area contributed by atoms with Crippen LogP contribution in [0.1, 0.15) is 21.5 Å². The van der Waals surface area contributed by atoms with Crippen molar-refractivity contribution in [2.24, 2.45) is 0 Å². The van der Waals surface area contributed by atoms with Gasteiger partial charge < -0.3 is 10.2 Å². The molecule has 8 heteroatoms. The van der Waals surface area contributed by atoms with Gasteiger partial charge in [-0.25, -0.2) is 4.98 Å². The van der Waals surface area contributed by atoms with E-state index in [1.807, 2.05) is 0 Å². The molecule has 30 heavy (non-hydrogen) atoms. The standard InChI is InChI=1S/C22H24Cl2N4OS/c1-14-3-6-19-20(15(14)2)26-22(30-19)28-11-9-27(10-12-28)8-7-25-21(29)17-5-4-16(23)13-18(17)24/h3-6,13H,7-12H2,1-2H3,(H,25,29). The van der Waals surface area contributed by atoms with Crippen LogP contribution in [0.5, 0.6) is 0 Å². The van der Waals surface area contributed by atoms with Crippen LogP contribution >= 0.6 is 34.5 Å². The Hall–Kier alpha value is -1.86. The summed E-state index contributed by atoms with van der Waals surface area (Å²) in [6.45, 7) is 9.44. The molecule has 0 unspecified atom stereocenters. The van der Waals surface area contributed by atoms with E-state index in [-0.39, 0.29) is 5.91 Å². The predicted octanol–water partition coefficient (Wildman–Crippen LogP) is 4.77. The third kappa shape index (κ3) is 4.57. The van der Waals surface area contributed by atoms with Crippen LogP contribution in [0, 0.1) is 13.8 Å². The van der Waals surface area contributed by atoms with Crippen molar-refractivity contribution in [1.29, 1.82) is 0 Å². The molecule has 2 heterocycles. The van der Waals surface area contributed by atoms with Gasteiger partial charge in [-0.3, -0.25) is 9.69 Å². The number of aromatic nitrogens is 1. The van der Waals surface area contributed by atoms with Gasteiger partial charge in [0, 0.05) is 44.3 Å². The minimum absolute atomic E-state index is 0.171. The van der Waals surface area contributed by atoms with Gasteiger partial charge in [0.25, 0.3) is 5.91 Å². The lowest BCUT2D eigenvalue weighted by Gasteiger charge is -2.34. The number of nitrogens with zero attached hydrogens (tertiary/aromatic N) is 3. The molecule has 1 amide bonds. The molecule has 1 fully saturated rings. The summed E-state index contributed by atoms with van der Waals surface area (Å²) in [4.78, 5) is 21.9. The Morgan fingerprint density at radius 3 is 2.63 bits per heavy atom. The highest BCUT2D eigenvalue weighted by molar-refractivity contribution is 7.22. The van der Waals surface area contributed by atoms with E-state index in [9.17, 15) is 4.79 Å². The summed E-state index contributed by atoms with van der Waals surface area (Å²) in [7, 11) is 0. The van der Waals surface area contributed by atoms with E-state index in [1.54, 1.807) is 29.5 Å². The second-order valence-electron chi connectivity index (χ2n) is 7.56. The Kier molecular flexibility index (Phi) is 6.48. The summed E-state index contributed by atoms with van der Waals surface area (Å²) in [5.74, 6) is -0.171. The number of anilines is 1. The number of fused-ring (bicyclic) bond motifs is 1. The van der Waals surface area contributed by atoms with Crippen LogP contribution in [0.3, 0.4) is 0 Å². The van der Waals surface area contributed by atoms with E-state index in [0.29, 0.717) is 22.2 Å². The van der Waals surface area contributed by atoms with Crippen molar-refractivity contribution in [3.63, 3.8) is 0 Å². The predicted molar refractivity (Wildman–Crippen MR) is 127 cm³/mol. The van der Waals surface area contributed by atoms with Gasteiger partial charge >= 0.3 is 0 Å². The molecule has 2 aromatic carbocycles.